The van der Waals surface area contributed by atoms with E-state index in [0.717, 1.165) is 0 Å². The van der Waals surface area contributed by atoms with E-state index >= 15 is 0 Å². The summed E-state index contributed by atoms with van der Waals surface area (Å²) in [5.41, 5.74) is 4.60. The van der Waals surface area contributed by atoms with Crippen LogP contribution < -0.4 is 5.43 Å². The van der Waals surface area contributed by atoms with E-state index < -0.39 is 0 Å². The maximum atomic E-state index is 3.17. The summed E-state index contributed by atoms with van der Waals surface area (Å²) in [5.74, 6) is 0.691. The second-order valence-electron chi connectivity index (χ2n) is 3.32. The van der Waals surface area contributed by atoms with Crippen LogP contribution in [0.5, 0.6) is 0 Å². The number of nitrogens with one attached hydrogen (secondary N) is 1. The Labute approximate surface area is 62.9 Å². The molecule has 1 N–H and O–H groups in total. The van der Waals surface area contributed by atoms with Crippen LogP contribution in [0, 0.1) is 5.92 Å². The molecule has 0 aromatic heterocycles. The van der Waals surface area contributed by atoms with Gasteiger partial charge in [0.1, 0.15) is 0 Å². The van der Waals surface area contributed by atoms with Gasteiger partial charge in [-0.3, -0.25) is 0 Å². The van der Waals surface area contributed by atoms with E-state index in [4.69, 9.17) is 0 Å². The van der Waals surface area contributed by atoms with Crippen molar-refractivity contribution in [1.29, 1.82) is 0 Å². The predicted molar refractivity (Wildman–Crippen MR) is 43.3 cm³/mol. The van der Waals surface area contributed by atoms with E-state index in [1.807, 2.05) is 0 Å². The van der Waals surface area contributed by atoms with Gasteiger partial charge < -0.3 is 5.43 Å². The molecule has 0 spiro atoms. The number of nitrogens with zero attached hydrogens (tertiary/aromatic N) is 1. The summed E-state index contributed by atoms with van der Waals surface area (Å²) in [4.78, 5) is 0. The molecule has 0 aliphatic carbocycles. The molecule has 1 aliphatic rings. The van der Waals surface area contributed by atoms with Crippen LogP contribution >= 0.6 is 0 Å². The van der Waals surface area contributed by atoms with E-state index in [9.17, 15) is 0 Å². The average molecular weight is 140 g/mol. The van der Waals surface area contributed by atoms with Gasteiger partial charge >= 0.3 is 0 Å². The van der Waals surface area contributed by atoms with Gasteiger partial charge in [-0.15, -0.1) is 0 Å². The number of hydrazine groups is 1. The highest BCUT2D eigenvalue weighted by Crippen LogP contribution is 2.19. The molecule has 1 rings (SSSR count). The molecule has 0 bridgehead atoms. The molecular formula is C8H16N2. The number of likely N-dealkylation sites (N-methyl/N-ethyl adjacent to an activating group) is 1. The monoisotopic (exact) mass is 140 g/mol. The smallest absolute Gasteiger partial charge is 0.0534 e. The molecule has 0 amide bonds. The zero-order valence-corrected chi connectivity index (χ0v) is 7.18. The Morgan fingerprint density at radius 3 is 2.40 bits per heavy atom. The Morgan fingerprint density at radius 2 is 2.20 bits per heavy atom. The zero-order valence-electron chi connectivity index (χ0n) is 7.18. The molecule has 10 heavy (non-hydrogen) atoms. The van der Waals surface area contributed by atoms with Gasteiger partial charge in [0, 0.05) is 13.2 Å². The Morgan fingerprint density at radius 1 is 1.60 bits per heavy atom. The summed E-state index contributed by atoms with van der Waals surface area (Å²) >= 11 is 0. The van der Waals surface area contributed by atoms with E-state index in [0.29, 0.717) is 12.0 Å². The summed E-state index contributed by atoms with van der Waals surface area (Å²) < 4.78 is 0. The standard InChI is InChI=1S/C8H16N2/c1-6(2)8-7(3)5-9-10(8)4/h5-6,8-9H,1-4H3. The van der Waals surface area contributed by atoms with E-state index in [1.54, 1.807) is 0 Å². The fourth-order valence-electron chi connectivity index (χ4n) is 1.65. The average Bonchev–Trinajstić information content (AvgIpc) is 2.11. The van der Waals surface area contributed by atoms with Gasteiger partial charge in [-0.2, -0.15) is 0 Å². The van der Waals surface area contributed by atoms with Crippen LogP contribution in [0.3, 0.4) is 0 Å². The maximum Gasteiger partial charge on any atom is 0.0534 e. The first-order valence-corrected chi connectivity index (χ1v) is 3.78. The molecule has 0 radical (unpaired) electrons. The fourth-order valence-corrected chi connectivity index (χ4v) is 1.65. The van der Waals surface area contributed by atoms with Crippen molar-refractivity contribution in [3.8, 4) is 0 Å². The summed E-state index contributed by atoms with van der Waals surface area (Å²) in [6.45, 7) is 6.65. The molecule has 2 heteroatoms. The minimum absolute atomic E-state index is 0.583. The fraction of sp³-hybridized carbons (Fsp3) is 0.750. The summed E-state index contributed by atoms with van der Waals surface area (Å²) in [5, 5.41) is 2.15. The molecular weight excluding hydrogens is 124 g/mol. The van der Waals surface area contributed by atoms with Crippen molar-refractivity contribution in [2.24, 2.45) is 5.92 Å². The normalized spacial score (nSPS) is 26.9. The predicted octanol–water partition coefficient (Wildman–Crippen LogP) is 1.36. The molecule has 0 fully saturated rings. The first kappa shape index (κ1) is 7.61. The van der Waals surface area contributed by atoms with Gasteiger partial charge in [0.15, 0.2) is 0 Å². The van der Waals surface area contributed by atoms with Gasteiger partial charge in [0.05, 0.1) is 6.04 Å². The molecule has 0 saturated heterocycles. The largest absolute Gasteiger partial charge is 0.326 e. The maximum absolute atomic E-state index is 3.17. The van der Waals surface area contributed by atoms with Crippen LogP contribution in [0.15, 0.2) is 11.8 Å². The molecule has 0 aromatic carbocycles. The van der Waals surface area contributed by atoms with Gasteiger partial charge in [-0.25, -0.2) is 5.01 Å². The lowest BCUT2D eigenvalue weighted by atomic mass is 9.99. The molecule has 1 aliphatic heterocycles. The first-order valence-electron chi connectivity index (χ1n) is 3.78. The van der Waals surface area contributed by atoms with Gasteiger partial charge in [-0.05, 0) is 18.4 Å². The third kappa shape index (κ3) is 1.16. The quantitative estimate of drug-likeness (QED) is 0.591. The molecule has 58 valence electrons. The summed E-state index contributed by atoms with van der Waals surface area (Å²) in [7, 11) is 2.08. The van der Waals surface area contributed by atoms with Crippen molar-refractivity contribution in [3.05, 3.63) is 11.8 Å². The molecule has 0 aromatic rings. The van der Waals surface area contributed by atoms with Crippen molar-refractivity contribution in [1.82, 2.24) is 10.4 Å². The molecule has 1 atom stereocenters. The van der Waals surface area contributed by atoms with E-state index in [-0.39, 0.29) is 0 Å². The third-order valence-corrected chi connectivity index (χ3v) is 2.01. The zero-order chi connectivity index (χ0) is 7.72. The molecule has 1 heterocycles. The highest BCUT2D eigenvalue weighted by Gasteiger charge is 2.23. The minimum atomic E-state index is 0.583. The third-order valence-electron chi connectivity index (χ3n) is 2.01. The van der Waals surface area contributed by atoms with Crippen LogP contribution in [0.25, 0.3) is 0 Å². The summed E-state index contributed by atoms with van der Waals surface area (Å²) in [6.07, 6.45) is 2.07. The van der Waals surface area contributed by atoms with Crippen molar-refractivity contribution in [2.45, 2.75) is 26.8 Å². The summed E-state index contributed by atoms with van der Waals surface area (Å²) in [6, 6.07) is 0.583. The second kappa shape index (κ2) is 2.62. The highest BCUT2D eigenvalue weighted by molar-refractivity contribution is 5.12. The Bertz CT molecular complexity index is 149. The van der Waals surface area contributed by atoms with Crippen molar-refractivity contribution >= 4 is 0 Å². The Balaban J connectivity index is 2.64. The SMILES string of the molecule is CC1=CNN(C)C1C(C)C. The van der Waals surface area contributed by atoms with Crippen molar-refractivity contribution in [3.63, 3.8) is 0 Å². The topological polar surface area (TPSA) is 15.3 Å². The van der Waals surface area contributed by atoms with Crippen LogP contribution in [-0.2, 0) is 0 Å². The minimum Gasteiger partial charge on any atom is -0.326 e. The van der Waals surface area contributed by atoms with E-state index in [2.05, 4.69) is 44.5 Å². The Hall–Kier alpha value is -0.500. The molecule has 2 nitrogen and oxygen atoms in total. The van der Waals surface area contributed by atoms with Crippen LogP contribution in [-0.4, -0.2) is 18.1 Å². The lowest BCUT2D eigenvalue weighted by Gasteiger charge is -2.24. The van der Waals surface area contributed by atoms with Crippen molar-refractivity contribution < 1.29 is 0 Å². The first-order chi connectivity index (χ1) is 4.63. The van der Waals surface area contributed by atoms with Crippen LogP contribution in [0.1, 0.15) is 20.8 Å². The van der Waals surface area contributed by atoms with Crippen LogP contribution in [0.4, 0.5) is 0 Å². The van der Waals surface area contributed by atoms with Crippen LogP contribution in [0.2, 0.25) is 0 Å². The van der Waals surface area contributed by atoms with Crippen molar-refractivity contribution in [2.75, 3.05) is 7.05 Å². The Kier molecular flexibility index (Phi) is 2.00. The number of hydrogen-bond acceptors (Lipinski definition) is 2. The van der Waals surface area contributed by atoms with Gasteiger partial charge in [-0.1, -0.05) is 13.8 Å². The lowest BCUT2D eigenvalue weighted by Crippen LogP contribution is -2.37. The lowest BCUT2D eigenvalue weighted by molar-refractivity contribution is 0.204. The highest BCUT2D eigenvalue weighted by atomic mass is 15.5. The van der Waals surface area contributed by atoms with Gasteiger partial charge in [0.25, 0.3) is 0 Å². The molecule has 0 saturated carbocycles. The number of rotatable bonds is 1. The second-order valence-corrected chi connectivity index (χ2v) is 3.32. The van der Waals surface area contributed by atoms with Gasteiger partial charge in [0.2, 0.25) is 0 Å². The number of hydrogen-bond donors (Lipinski definition) is 1. The van der Waals surface area contributed by atoms with E-state index in [1.165, 1.54) is 5.57 Å². The molecule has 1 unspecified atom stereocenters.